The maximum Gasteiger partial charge on any atom is 0.256 e. The van der Waals surface area contributed by atoms with Crippen molar-refractivity contribution in [2.24, 2.45) is 0 Å². The Hall–Kier alpha value is -3.35. The smallest absolute Gasteiger partial charge is 0.256 e. The summed E-state index contributed by atoms with van der Waals surface area (Å²) in [6, 6.07) is 16.3. The summed E-state index contributed by atoms with van der Waals surface area (Å²) >= 11 is 6.25. The van der Waals surface area contributed by atoms with Gasteiger partial charge in [0.15, 0.2) is 0 Å². The molecule has 0 atom stereocenters. The Morgan fingerprint density at radius 2 is 1.97 bits per heavy atom. The van der Waals surface area contributed by atoms with E-state index in [2.05, 4.69) is 10.6 Å². The third-order valence-corrected chi connectivity index (χ3v) is 5.29. The fourth-order valence-corrected chi connectivity index (χ4v) is 3.55. The van der Waals surface area contributed by atoms with E-state index in [1.807, 2.05) is 49.3 Å². The molecule has 1 aliphatic heterocycles. The number of nitrogens with zero attached hydrogens (tertiary/aromatic N) is 1. The first-order valence-corrected chi connectivity index (χ1v) is 10.3. The molecular formula is C24H22ClN3O3. The molecule has 0 spiro atoms. The molecule has 0 saturated carbocycles. The molecule has 0 unspecified atom stereocenters. The molecule has 4 rings (SSSR count). The minimum Gasteiger partial charge on any atom is -0.457 e. The minimum atomic E-state index is -0.234. The minimum absolute atomic E-state index is 0.165. The van der Waals surface area contributed by atoms with Gasteiger partial charge in [-0.05, 0) is 56.6 Å². The molecule has 2 amide bonds. The number of likely N-dealkylation sites (N-methyl/N-ethyl adjacent to an activating group) is 1. The second-order valence-electron chi connectivity index (χ2n) is 7.51. The number of hydrogen-bond acceptors (Lipinski definition) is 4. The fraction of sp³-hybridized carbons (Fsp3) is 0.167. The fourth-order valence-electron chi connectivity index (χ4n) is 3.35. The lowest BCUT2D eigenvalue weighted by Crippen LogP contribution is -2.31. The Labute approximate surface area is 185 Å². The molecule has 3 aromatic rings. The summed E-state index contributed by atoms with van der Waals surface area (Å²) in [5.74, 6) is 0.727. The van der Waals surface area contributed by atoms with Gasteiger partial charge >= 0.3 is 0 Å². The first-order chi connectivity index (χ1) is 14.9. The van der Waals surface area contributed by atoms with Gasteiger partial charge in [0.2, 0.25) is 0 Å². The van der Waals surface area contributed by atoms with Crippen molar-refractivity contribution in [3.05, 3.63) is 76.5 Å². The average Bonchev–Trinajstić information content (AvgIpc) is 3.33. The number of benzene rings is 2. The Bertz CT molecular complexity index is 1180. The van der Waals surface area contributed by atoms with Crippen molar-refractivity contribution in [1.29, 1.82) is 0 Å². The molecule has 6 nitrogen and oxygen atoms in total. The quantitative estimate of drug-likeness (QED) is 0.563. The monoisotopic (exact) mass is 435 g/mol. The van der Waals surface area contributed by atoms with Gasteiger partial charge < -0.3 is 20.0 Å². The normalized spacial score (nSPS) is 14.1. The number of hydrogen-bond donors (Lipinski definition) is 2. The van der Waals surface area contributed by atoms with Crippen molar-refractivity contribution in [3.8, 4) is 11.3 Å². The third-order valence-electron chi connectivity index (χ3n) is 4.96. The Kier molecular flexibility index (Phi) is 5.93. The topological polar surface area (TPSA) is 74.6 Å². The van der Waals surface area contributed by atoms with Crippen molar-refractivity contribution in [2.45, 2.75) is 0 Å². The van der Waals surface area contributed by atoms with Crippen LogP contribution in [0.3, 0.4) is 0 Å². The van der Waals surface area contributed by atoms with Crippen LogP contribution in [0.2, 0.25) is 5.02 Å². The highest BCUT2D eigenvalue weighted by molar-refractivity contribution is 6.35. The number of fused-ring (bicyclic) bond motifs is 1. The summed E-state index contributed by atoms with van der Waals surface area (Å²) in [4.78, 5) is 26.8. The Balaban J connectivity index is 1.57. The van der Waals surface area contributed by atoms with E-state index in [-0.39, 0.29) is 11.8 Å². The Morgan fingerprint density at radius 1 is 1.16 bits per heavy atom. The summed E-state index contributed by atoms with van der Waals surface area (Å²) in [5.41, 5.74) is 3.29. The summed E-state index contributed by atoms with van der Waals surface area (Å²) in [6.07, 6.45) is 1.72. The first kappa shape index (κ1) is 20.9. The molecule has 2 heterocycles. The van der Waals surface area contributed by atoms with E-state index < -0.39 is 0 Å². The molecule has 1 aromatic heterocycles. The highest BCUT2D eigenvalue weighted by Gasteiger charge is 2.24. The zero-order valence-electron chi connectivity index (χ0n) is 17.2. The summed E-state index contributed by atoms with van der Waals surface area (Å²) in [6.45, 7) is 1.25. The van der Waals surface area contributed by atoms with Crippen molar-refractivity contribution in [1.82, 2.24) is 10.2 Å². The molecule has 0 fully saturated rings. The molecule has 0 radical (unpaired) electrons. The van der Waals surface area contributed by atoms with E-state index in [4.69, 9.17) is 16.0 Å². The number of para-hydroxylation sites is 1. The van der Waals surface area contributed by atoms with E-state index >= 15 is 0 Å². The maximum absolute atomic E-state index is 12.5. The van der Waals surface area contributed by atoms with Gasteiger partial charge in [-0.15, -0.1) is 0 Å². The highest BCUT2D eigenvalue weighted by Crippen LogP contribution is 2.34. The first-order valence-electron chi connectivity index (χ1n) is 9.87. The largest absolute Gasteiger partial charge is 0.457 e. The Morgan fingerprint density at radius 3 is 2.77 bits per heavy atom. The van der Waals surface area contributed by atoms with Gasteiger partial charge in [-0.25, -0.2) is 0 Å². The zero-order chi connectivity index (χ0) is 22.0. The van der Waals surface area contributed by atoms with Crippen LogP contribution in [0.15, 0.2) is 59.0 Å². The van der Waals surface area contributed by atoms with E-state index in [0.29, 0.717) is 34.2 Å². The molecule has 2 N–H and O–H groups in total. The van der Waals surface area contributed by atoms with Crippen LogP contribution in [0.4, 0.5) is 5.69 Å². The lowest BCUT2D eigenvalue weighted by Gasteiger charge is -2.11. The lowest BCUT2D eigenvalue weighted by molar-refractivity contribution is -0.110. The van der Waals surface area contributed by atoms with Crippen LogP contribution in [-0.4, -0.2) is 43.9 Å². The second kappa shape index (κ2) is 8.79. The predicted molar refractivity (Wildman–Crippen MR) is 123 cm³/mol. The number of furan rings is 1. The summed E-state index contributed by atoms with van der Waals surface area (Å²) < 4.78 is 5.94. The van der Waals surface area contributed by atoms with Gasteiger partial charge in [0.05, 0.1) is 16.2 Å². The van der Waals surface area contributed by atoms with E-state index in [0.717, 1.165) is 23.4 Å². The molecule has 2 aromatic carbocycles. The molecule has 158 valence electrons. The number of carbonyl (C=O) groups excluding carboxylic acids is 2. The standard InChI is InChI=1S/C24H22ClN3O3/c1-28(2)12-11-26-23(29)19-13-15(7-9-20(19)25)22-10-8-16(31-22)14-18-17-5-3-4-6-21(17)27-24(18)30/h3-10,13-14H,11-12H2,1-2H3,(H,26,29)(H,27,30). The van der Waals surface area contributed by atoms with Gasteiger partial charge in [-0.2, -0.15) is 0 Å². The van der Waals surface area contributed by atoms with Crippen LogP contribution in [-0.2, 0) is 4.79 Å². The number of carbonyl (C=O) groups is 2. The van der Waals surface area contributed by atoms with Crippen LogP contribution in [0, 0.1) is 0 Å². The van der Waals surface area contributed by atoms with Crippen molar-refractivity contribution in [2.75, 3.05) is 32.5 Å². The van der Waals surface area contributed by atoms with Gasteiger partial charge in [-0.3, -0.25) is 9.59 Å². The van der Waals surface area contributed by atoms with Crippen LogP contribution >= 0.6 is 11.6 Å². The van der Waals surface area contributed by atoms with Gasteiger partial charge in [0, 0.05) is 29.9 Å². The average molecular weight is 436 g/mol. The number of nitrogens with one attached hydrogen (secondary N) is 2. The van der Waals surface area contributed by atoms with Crippen molar-refractivity contribution < 1.29 is 14.0 Å². The molecule has 1 aliphatic rings. The van der Waals surface area contributed by atoms with Crippen LogP contribution < -0.4 is 10.6 Å². The van der Waals surface area contributed by atoms with Crippen molar-refractivity contribution >= 4 is 40.8 Å². The SMILES string of the molecule is CN(C)CCNC(=O)c1cc(-c2ccc(C=C3C(=O)Nc4ccccc43)o2)ccc1Cl. The van der Waals surface area contributed by atoms with E-state index in [1.54, 1.807) is 30.3 Å². The number of amides is 2. The van der Waals surface area contributed by atoms with E-state index in [1.165, 1.54) is 0 Å². The van der Waals surface area contributed by atoms with Crippen molar-refractivity contribution in [3.63, 3.8) is 0 Å². The summed E-state index contributed by atoms with van der Waals surface area (Å²) in [7, 11) is 3.88. The third kappa shape index (κ3) is 4.55. The molecule has 0 aliphatic carbocycles. The number of anilines is 1. The predicted octanol–water partition coefficient (Wildman–Crippen LogP) is 4.38. The van der Waals surface area contributed by atoms with Gasteiger partial charge in [-0.1, -0.05) is 29.8 Å². The molecular weight excluding hydrogens is 414 g/mol. The number of rotatable bonds is 6. The second-order valence-corrected chi connectivity index (χ2v) is 7.92. The summed E-state index contributed by atoms with van der Waals surface area (Å²) in [5, 5.41) is 6.09. The van der Waals surface area contributed by atoms with Crippen LogP contribution in [0.1, 0.15) is 21.7 Å². The molecule has 31 heavy (non-hydrogen) atoms. The van der Waals surface area contributed by atoms with E-state index in [9.17, 15) is 9.59 Å². The zero-order valence-corrected chi connectivity index (χ0v) is 18.0. The molecule has 7 heteroatoms. The van der Waals surface area contributed by atoms with Gasteiger partial charge in [0.1, 0.15) is 11.5 Å². The van der Waals surface area contributed by atoms with Crippen LogP contribution in [0.5, 0.6) is 0 Å². The molecule has 0 saturated heterocycles. The molecule has 0 bridgehead atoms. The highest BCUT2D eigenvalue weighted by atomic mass is 35.5. The van der Waals surface area contributed by atoms with Gasteiger partial charge in [0.25, 0.3) is 11.8 Å². The maximum atomic E-state index is 12.5. The lowest BCUT2D eigenvalue weighted by atomic mass is 10.1. The number of halogens is 1. The van der Waals surface area contributed by atoms with Crippen LogP contribution in [0.25, 0.3) is 23.0 Å².